The minimum absolute atomic E-state index is 0.0653. The van der Waals surface area contributed by atoms with Crippen molar-refractivity contribution in [1.29, 1.82) is 0 Å². The van der Waals surface area contributed by atoms with Crippen LogP contribution in [0.25, 0.3) is 0 Å². The Bertz CT molecular complexity index is 222. The van der Waals surface area contributed by atoms with E-state index in [0.717, 1.165) is 5.70 Å². The summed E-state index contributed by atoms with van der Waals surface area (Å²) in [6.07, 6.45) is 3.41. The maximum Gasteiger partial charge on any atom is 0.126 e. The predicted molar refractivity (Wildman–Crippen MR) is 53.0 cm³/mol. The van der Waals surface area contributed by atoms with Gasteiger partial charge in [-0.1, -0.05) is 6.08 Å². The molecule has 74 valence electrons. The Labute approximate surface area is 78.5 Å². The summed E-state index contributed by atoms with van der Waals surface area (Å²) in [6, 6.07) is 0. The highest BCUT2D eigenvalue weighted by Crippen LogP contribution is 2.10. The molecule has 4 nitrogen and oxygen atoms in total. The molecule has 0 unspecified atom stereocenters. The van der Waals surface area contributed by atoms with Gasteiger partial charge in [-0.15, -0.1) is 4.91 Å². The Morgan fingerprint density at radius 2 is 2.23 bits per heavy atom. The third-order valence-corrected chi connectivity index (χ3v) is 1.80. The van der Waals surface area contributed by atoms with Crippen LogP contribution in [-0.2, 0) is 0 Å². The van der Waals surface area contributed by atoms with E-state index in [-0.39, 0.29) is 6.61 Å². The molecule has 0 amide bonds. The van der Waals surface area contributed by atoms with Crippen LogP contribution in [0.15, 0.2) is 28.7 Å². The Kier molecular flexibility index (Phi) is 5.80. The maximum atomic E-state index is 10.4. The Hall–Kier alpha value is -1.16. The molecular formula is C9H16N2O2. The van der Waals surface area contributed by atoms with Crippen molar-refractivity contribution in [3.05, 3.63) is 28.5 Å². The number of aliphatic hydroxyl groups excluding tert-OH is 1. The lowest BCUT2D eigenvalue weighted by molar-refractivity contribution is 0.245. The van der Waals surface area contributed by atoms with Crippen molar-refractivity contribution in [2.45, 2.75) is 13.8 Å². The van der Waals surface area contributed by atoms with Gasteiger partial charge in [-0.2, -0.15) is 0 Å². The van der Waals surface area contributed by atoms with Gasteiger partial charge in [0, 0.05) is 19.3 Å². The van der Waals surface area contributed by atoms with E-state index in [1.165, 1.54) is 0 Å². The van der Waals surface area contributed by atoms with Gasteiger partial charge in [0.2, 0.25) is 0 Å². The number of allylic oxidation sites excluding steroid dienone is 3. The fraction of sp³-hybridized carbons (Fsp3) is 0.556. The number of aliphatic hydroxyl groups is 1. The molecule has 0 bridgehead atoms. The van der Waals surface area contributed by atoms with E-state index in [2.05, 4.69) is 5.18 Å². The third-order valence-electron chi connectivity index (χ3n) is 1.80. The molecular weight excluding hydrogens is 168 g/mol. The second kappa shape index (κ2) is 6.37. The lowest BCUT2D eigenvalue weighted by atomic mass is 10.3. The molecule has 0 aromatic carbocycles. The van der Waals surface area contributed by atoms with Crippen LogP contribution in [0.1, 0.15) is 13.8 Å². The Balaban J connectivity index is 4.62. The average molecular weight is 184 g/mol. The molecule has 0 fully saturated rings. The van der Waals surface area contributed by atoms with Gasteiger partial charge in [0.15, 0.2) is 0 Å². The van der Waals surface area contributed by atoms with Gasteiger partial charge < -0.3 is 10.0 Å². The van der Waals surface area contributed by atoms with Gasteiger partial charge in [0.1, 0.15) is 5.70 Å². The summed E-state index contributed by atoms with van der Waals surface area (Å²) in [6.45, 7) is 4.19. The highest BCUT2D eigenvalue weighted by molar-refractivity contribution is 5.21. The molecule has 0 spiro atoms. The molecule has 4 heteroatoms. The average Bonchev–Trinajstić information content (AvgIpc) is 2.13. The van der Waals surface area contributed by atoms with E-state index < -0.39 is 0 Å². The van der Waals surface area contributed by atoms with Crippen LogP contribution >= 0.6 is 0 Å². The van der Waals surface area contributed by atoms with Gasteiger partial charge in [-0.3, -0.25) is 0 Å². The van der Waals surface area contributed by atoms with Crippen LogP contribution in [0.5, 0.6) is 0 Å². The number of likely N-dealkylation sites (N-methyl/N-ethyl adjacent to an activating group) is 1. The highest BCUT2D eigenvalue weighted by atomic mass is 16.3. The molecule has 0 atom stereocenters. The molecule has 0 radical (unpaired) electrons. The van der Waals surface area contributed by atoms with Crippen molar-refractivity contribution in [2.24, 2.45) is 5.18 Å². The van der Waals surface area contributed by atoms with E-state index in [9.17, 15) is 4.91 Å². The molecule has 0 aromatic heterocycles. The summed E-state index contributed by atoms with van der Waals surface area (Å²) in [4.78, 5) is 12.2. The zero-order chi connectivity index (χ0) is 10.3. The van der Waals surface area contributed by atoms with Gasteiger partial charge >= 0.3 is 0 Å². The SMILES string of the molecule is C/C=C\C(N=O)=C(\C)N(C)CCO. The molecule has 0 aromatic rings. The number of nitroso groups, excluding NO2 is 1. The summed E-state index contributed by atoms with van der Waals surface area (Å²) in [5.74, 6) is 0. The third kappa shape index (κ3) is 3.85. The first kappa shape index (κ1) is 11.8. The van der Waals surface area contributed by atoms with Gasteiger partial charge in [-0.25, -0.2) is 0 Å². The minimum Gasteiger partial charge on any atom is -0.395 e. The van der Waals surface area contributed by atoms with Crippen LogP contribution in [0.2, 0.25) is 0 Å². The van der Waals surface area contributed by atoms with E-state index in [0.29, 0.717) is 12.2 Å². The first-order valence-corrected chi connectivity index (χ1v) is 4.16. The summed E-state index contributed by atoms with van der Waals surface area (Å²) >= 11 is 0. The number of hydrogen-bond acceptors (Lipinski definition) is 4. The molecule has 0 aliphatic heterocycles. The molecule has 13 heavy (non-hydrogen) atoms. The molecule has 0 aliphatic carbocycles. The molecule has 0 saturated carbocycles. The van der Waals surface area contributed by atoms with Gasteiger partial charge in [-0.05, 0) is 25.1 Å². The maximum absolute atomic E-state index is 10.4. The van der Waals surface area contributed by atoms with E-state index in [4.69, 9.17) is 5.11 Å². The van der Waals surface area contributed by atoms with E-state index >= 15 is 0 Å². The van der Waals surface area contributed by atoms with Crippen molar-refractivity contribution >= 4 is 0 Å². The van der Waals surface area contributed by atoms with E-state index in [1.54, 1.807) is 31.0 Å². The first-order chi connectivity index (χ1) is 6.17. The summed E-state index contributed by atoms with van der Waals surface area (Å²) in [5.41, 5.74) is 1.17. The quantitative estimate of drug-likeness (QED) is 0.520. The van der Waals surface area contributed by atoms with Crippen LogP contribution in [0.3, 0.4) is 0 Å². The first-order valence-electron chi connectivity index (χ1n) is 4.16. The number of rotatable bonds is 5. The number of nitrogens with zero attached hydrogens (tertiary/aromatic N) is 2. The fourth-order valence-electron chi connectivity index (χ4n) is 0.888. The van der Waals surface area contributed by atoms with Crippen LogP contribution in [-0.4, -0.2) is 30.2 Å². The van der Waals surface area contributed by atoms with Crippen LogP contribution in [0.4, 0.5) is 0 Å². The van der Waals surface area contributed by atoms with Crippen LogP contribution in [0, 0.1) is 4.91 Å². The largest absolute Gasteiger partial charge is 0.395 e. The van der Waals surface area contributed by atoms with Crippen molar-refractivity contribution < 1.29 is 5.11 Å². The normalized spacial score (nSPS) is 12.9. The lowest BCUT2D eigenvalue weighted by Gasteiger charge is -2.18. The topological polar surface area (TPSA) is 52.9 Å². The van der Waals surface area contributed by atoms with Crippen molar-refractivity contribution in [2.75, 3.05) is 20.2 Å². The summed E-state index contributed by atoms with van der Waals surface area (Å²) in [5, 5.41) is 11.6. The standard InChI is InChI=1S/C9H16N2O2/c1-4-5-9(10-13)8(2)11(3)6-7-12/h4-5,12H,6-7H2,1-3H3/b5-4-,9-8+. The zero-order valence-electron chi connectivity index (χ0n) is 8.32. The molecule has 0 aliphatic rings. The predicted octanol–water partition coefficient (Wildman–Crippen LogP) is 1.48. The van der Waals surface area contributed by atoms with Crippen molar-refractivity contribution in [3.63, 3.8) is 0 Å². The fourth-order valence-corrected chi connectivity index (χ4v) is 0.888. The number of hydrogen-bond donors (Lipinski definition) is 1. The Morgan fingerprint density at radius 3 is 2.62 bits per heavy atom. The van der Waals surface area contributed by atoms with Gasteiger partial charge in [0.25, 0.3) is 0 Å². The summed E-state index contributed by atoms with van der Waals surface area (Å²) in [7, 11) is 1.81. The minimum atomic E-state index is 0.0653. The van der Waals surface area contributed by atoms with Crippen LogP contribution < -0.4 is 0 Å². The Morgan fingerprint density at radius 1 is 1.62 bits per heavy atom. The highest BCUT2D eigenvalue weighted by Gasteiger charge is 2.03. The molecule has 0 saturated heterocycles. The molecule has 0 heterocycles. The van der Waals surface area contributed by atoms with Crippen molar-refractivity contribution in [3.8, 4) is 0 Å². The van der Waals surface area contributed by atoms with Crippen molar-refractivity contribution in [1.82, 2.24) is 4.90 Å². The zero-order valence-corrected chi connectivity index (χ0v) is 8.32. The lowest BCUT2D eigenvalue weighted by Crippen LogP contribution is -2.20. The summed E-state index contributed by atoms with van der Waals surface area (Å²) < 4.78 is 0. The van der Waals surface area contributed by atoms with E-state index in [1.807, 2.05) is 6.92 Å². The second-order valence-electron chi connectivity index (χ2n) is 2.71. The monoisotopic (exact) mass is 184 g/mol. The molecule has 0 rings (SSSR count). The van der Waals surface area contributed by atoms with Gasteiger partial charge in [0.05, 0.1) is 6.61 Å². The smallest absolute Gasteiger partial charge is 0.126 e. The molecule has 1 N–H and O–H groups in total. The second-order valence-corrected chi connectivity index (χ2v) is 2.71.